The molecule has 2 amide bonds. The van der Waals surface area contributed by atoms with E-state index < -0.39 is 17.9 Å². The average Bonchev–Trinajstić information content (AvgIpc) is 2.72. The first-order valence-electron chi connectivity index (χ1n) is 9.55. The van der Waals surface area contributed by atoms with Crippen LogP contribution in [0.25, 0.3) is 0 Å². The molecule has 0 bridgehead atoms. The van der Waals surface area contributed by atoms with Gasteiger partial charge in [-0.15, -0.1) is 0 Å². The summed E-state index contributed by atoms with van der Waals surface area (Å²) in [6, 6.07) is 13.1. The summed E-state index contributed by atoms with van der Waals surface area (Å²) in [5.74, 6) is 0.652. The van der Waals surface area contributed by atoms with Crippen molar-refractivity contribution in [1.29, 1.82) is 0 Å². The second kappa shape index (κ2) is 10.9. The average molecular weight is 463 g/mol. The molecule has 156 valence electrons. The number of hydrogen-bond donors (Lipinski definition) is 2. The number of amides is 2. The molecule has 0 saturated heterocycles. The molecule has 0 spiro atoms. The van der Waals surface area contributed by atoms with E-state index in [4.69, 9.17) is 9.47 Å². The molecule has 0 saturated carbocycles. The summed E-state index contributed by atoms with van der Waals surface area (Å²) in [4.78, 5) is 24.2. The SMILES string of the molecule is CCC(C)c1ccccc1OC(C)C(=O)NNC(=O)COc1ccc(Br)c(C)c1. The third-order valence-electron chi connectivity index (χ3n) is 4.56. The van der Waals surface area contributed by atoms with Crippen molar-refractivity contribution in [1.82, 2.24) is 10.9 Å². The number of carbonyl (C=O) groups is 2. The minimum absolute atomic E-state index is 0.215. The van der Waals surface area contributed by atoms with E-state index in [-0.39, 0.29) is 6.61 Å². The van der Waals surface area contributed by atoms with Gasteiger partial charge in [0.15, 0.2) is 12.7 Å². The predicted molar refractivity (Wildman–Crippen MR) is 116 cm³/mol. The molecule has 6 nitrogen and oxygen atoms in total. The number of hydrogen-bond acceptors (Lipinski definition) is 4. The fourth-order valence-electron chi connectivity index (χ4n) is 2.58. The van der Waals surface area contributed by atoms with Crippen molar-refractivity contribution in [3.8, 4) is 11.5 Å². The van der Waals surface area contributed by atoms with Crippen molar-refractivity contribution < 1.29 is 19.1 Å². The number of rotatable bonds is 8. The van der Waals surface area contributed by atoms with Crippen molar-refractivity contribution >= 4 is 27.7 Å². The zero-order valence-electron chi connectivity index (χ0n) is 17.1. The highest BCUT2D eigenvalue weighted by molar-refractivity contribution is 9.10. The molecule has 2 aromatic rings. The van der Waals surface area contributed by atoms with E-state index in [1.165, 1.54) is 0 Å². The lowest BCUT2D eigenvalue weighted by Gasteiger charge is -2.19. The van der Waals surface area contributed by atoms with E-state index in [1.54, 1.807) is 13.0 Å². The van der Waals surface area contributed by atoms with Crippen molar-refractivity contribution in [3.63, 3.8) is 0 Å². The second-order valence-corrected chi connectivity index (χ2v) is 7.70. The van der Waals surface area contributed by atoms with Gasteiger partial charge in [-0.1, -0.05) is 48.0 Å². The first-order valence-corrected chi connectivity index (χ1v) is 10.3. The molecule has 0 aliphatic heterocycles. The molecular formula is C22H27BrN2O4. The summed E-state index contributed by atoms with van der Waals surface area (Å²) in [6.07, 6.45) is 0.199. The van der Waals surface area contributed by atoms with Gasteiger partial charge in [0.1, 0.15) is 11.5 Å². The molecule has 0 aliphatic carbocycles. The topological polar surface area (TPSA) is 76.7 Å². The Labute approximate surface area is 180 Å². The van der Waals surface area contributed by atoms with E-state index >= 15 is 0 Å². The number of hydrazine groups is 1. The number of aryl methyl sites for hydroxylation is 1. The maximum Gasteiger partial charge on any atom is 0.279 e. The number of halogens is 1. The Kier molecular flexibility index (Phi) is 8.51. The van der Waals surface area contributed by atoms with Gasteiger partial charge in [0.25, 0.3) is 11.8 Å². The Balaban J connectivity index is 1.82. The number of carbonyl (C=O) groups excluding carboxylic acids is 2. The highest BCUT2D eigenvalue weighted by Gasteiger charge is 2.18. The summed E-state index contributed by atoms with van der Waals surface area (Å²) in [6.45, 7) is 7.56. The molecule has 29 heavy (non-hydrogen) atoms. The molecule has 0 heterocycles. The van der Waals surface area contributed by atoms with E-state index in [0.717, 1.165) is 22.0 Å². The van der Waals surface area contributed by atoms with Crippen LogP contribution in [0.1, 0.15) is 44.2 Å². The van der Waals surface area contributed by atoms with Crippen molar-refractivity contribution in [3.05, 3.63) is 58.1 Å². The minimum Gasteiger partial charge on any atom is -0.484 e. The molecule has 2 rings (SSSR count). The van der Waals surface area contributed by atoms with Crippen LogP contribution in [0, 0.1) is 6.92 Å². The van der Waals surface area contributed by atoms with E-state index in [2.05, 4.69) is 40.6 Å². The monoisotopic (exact) mass is 462 g/mol. The Hall–Kier alpha value is -2.54. The molecule has 2 atom stereocenters. The van der Waals surface area contributed by atoms with E-state index in [1.807, 2.05) is 43.3 Å². The van der Waals surface area contributed by atoms with Crippen LogP contribution in [-0.4, -0.2) is 24.5 Å². The summed E-state index contributed by atoms with van der Waals surface area (Å²) in [5.41, 5.74) is 6.76. The molecular weight excluding hydrogens is 436 g/mol. The van der Waals surface area contributed by atoms with Crippen LogP contribution in [0.3, 0.4) is 0 Å². The van der Waals surface area contributed by atoms with Crippen LogP contribution >= 0.6 is 15.9 Å². The summed E-state index contributed by atoms with van der Waals surface area (Å²) < 4.78 is 12.2. The number of benzene rings is 2. The lowest BCUT2D eigenvalue weighted by Crippen LogP contribution is -2.48. The zero-order chi connectivity index (χ0) is 21.4. The number of para-hydroxylation sites is 1. The molecule has 2 aromatic carbocycles. The maximum atomic E-state index is 12.3. The van der Waals surface area contributed by atoms with Gasteiger partial charge in [0.05, 0.1) is 0 Å². The molecule has 0 fully saturated rings. The third kappa shape index (κ3) is 6.78. The van der Waals surface area contributed by atoms with Gasteiger partial charge in [-0.25, -0.2) is 0 Å². The standard InChI is InChI=1S/C22H27BrN2O4/c1-5-14(2)18-8-6-7-9-20(18)29-16(4)22(27)25-24-21(26)13-28-17-10-11-19(23)15(3)12-17/h6-12,14,16H,5,13H2,1-4H3,(H,24,26)(H,25,27). The molecule has 2 unspecified atom stereocenters. The van der Waals surface area contributed by atoms with Gasteiger partial charge in [-0.05, 0) is 61.6 Å². The highest BCUT2D eigenvalue weighted by Crippen LogP contribution is 2.29. The van der Waals surface area contributed by atoms with Gasteiger partial charge in [0.2, 0.25) is 0 Å². The molecule has 2 N–H and O–H groups in total. The Morgan fingerprint density at radius 3 is 2.52 bits per heavy atom. The highest BCUT2D eigenvalue weighted by atomic mass is 79.9. The van der Waals surface area contributed by atoms with Crippen LogP contribution in [0.2, 0.25) is 0 Å². The molecule has 0 aromatic heterocycles. The normalized spacial score (nSPS) is 12.6. The van der Waals surface area contributed by atoms with Crippen molar-refractivity contribution in [2.75, 3.05) is 6.61 Å². The number of ether oxygens (including phenoxy) is 2. The number of nitrogens with one attached hydrogen (secondary N) is 2. The summed E-state index contributed by atoms with van der Waals surface area (Å²) >= 11 is 3.41. The van der Waals surface area contributed by atoms with Gasteiger partial charge in [-0.2, -0.15) is 0 Å². The lowest BCUT2D eigenvalue weighted by atomic mass is 9.98. The summed E-state index contributed by atoms with van der Waals surface area (Å²) in [7, 11) is 0. The van der Waals surface area contributed by atoms with Crippen LogP contribution in [0.15, 0.2) is 46.9 Å². The first-order chi connectivity index (χ1) is 13.8. The van der Waals surface area contributed by atoms with Crippen LogP contribution < -0.4 is 20.3 Å². The van der Waals surface area contributed by atoms with Gasteiger partial charge < -0.3 is 9.47 Å². The third-order valence-corrected chi connectivity index (χ3v) is 5.45. The fraction of sp³-hybridized carbons (Fsp3) is 0.364. The zero-order valence-corrected chi connectivity index (χ0v) is 18.7. The quantitative estimate of drug-likeness (QED) is 0.574. The van der Waals surface area contributed by atoms with Crippen molar-refractivity contribution in [2.45, 2.75) is 46.1 Å². The van der Waals surface area contributed by atoms with Crippen LogP contribution in [-0.2, 0) is 9.59 Å². The molecule has 0 radical (unpaired) electrons. The van der Waals surface area contributed by atoms with E-state index in [0.29, 0.717) is 17.4 Å². The van der Waals surface area contributed by atoms with Crippen LogP contribution in [0.4, 0.5) is 0 Å². The van der Waals surface area contributed by atoms with Crippen molar-refractivity contribution in [2.24, 2.45) is 0 Å². The Morgan fingerprint density at radius 2 is 1.83 bits per heavy atom. The predicted octanol–water partition coefficient (Wildman–Crippen LogP) is 4.26. The smallest absolute Gasteiger partial charge is 0.279 e. The summed E-state index contributed by atoms with van der Waals surface area (Å²) in [5, 5.41) is 0. The Morgan fingerprint density at radius 1 is 1.10 bits per heavy atom. The fourth-order valence-corrected chi connectivity index (χ4v) is 2.83. The second-order valence-electron chi connectivity index (χ2n) is 6.84. The Bertz CT molecular complexity index is 856. The minimum atomic E-state index is -0.768. The molecule has 7 heteroatoms. The molecule has 0 aliphatic rings. The van der Waals surface area contributed by atoms with Gasteiger partial charge in [-0.3, -0.25) is 20.4 Å². The van der Waals surface area contributed by atoms with Crippen LogP contribution in [0.5, 0.6) is 11.5 Å². The maximum absolute atomic E-state index is 12.3. The van der Waals surface area contributed by atoms with E-state index in [9.17, 15) is 9.59 Å². The van der Waals surface area contributed by atoms with Gasteiger partial charge >= 0.3 is 0 Å². The lowest BCUT2D eigenvalue weighted by molar-refractivity contribution is -0.133. The first kappa shape index (κ1) is 22.7. The van der Waals surface area contributed by atoms with Gasteiger partial charge in [0, 0.05) is 4.47 Å². The largest absolute Gasteiger partial charge is 0.484 e.